The Morgan fingerprint density at radius 1 is 1.41 bits per heavy atom. The molecule has 0 saturated carbocycles. The molecular weight excluding hydrogens is 370 g/mol. The summed E-state index contributed by atoms with van der Waals surface area (Å²) >= 11 is 0. The molecule has 0 fully saturated rings. The molecule has 2 aromatic rings. The number of non-ortho nitro benzene ring substituents is 1. The summed E-state index contributed by atoms with van der Waals surface area (Å²) in [6, 6.07) is 3.22. The fourth-order valence-electron chi connectivity index (χ4n) is 2.11. The second-order valence-electron chi connectivity index (χ2n) is 5.30. The summed E-state index contributed by atoms with van der Waals surface area (Å²) in [5.74, 6) is -2.24. The van der Waals surface area contributed by atoms with Gasteiger partial charge < -0.3 is 15.2 Å². The molecular formula is C15H14F2N4O6. The monoisotopic (exact) mass is 384 g/mol. The van der Waals surface area contributed by atoms with E-state index in [9.17, 15) is 28.5 Å². The summed E-state index contributed by atoms with van der Waals surface area (Å²) in [5, 5.41) is 26.1. The maximum Gasteiger partial charge on any atom is 0.328 e. The Balaban J connectivity index is 2.28. The highest BCUT2D eigenvalue weighted by Crippen LogP contribution is 2.27. The summed E-state index contributed by atoms with van der Waals surface area (Å²) in [7, 11) is 0. The number of nitrogens with zero attached hydrogens (tertiary/aromatic N) is 3. The van der Waals surface area contributed by atoms with Crippen molar-refractivity contribution in [3.8, 4) is 5.75 Å². The normalized spacial score (nSPS) is 11.9. The Hall–Kier alpha value is -3.57. The maximum absolute atomic E-state index is 12.4. The van der Waals surface area contributed by atoms with Crippen LogP contribution in [0.1, 0.15) is 23.5 Å². The number of nitro groups is 1. The average Bonchev–Trinajstić information content (AvgIpc) is 3.08. The van der Waals surface area contributed by atoms with Gasteiger partial charge >= 0.3 is 5.97 Å². The van der Waals surface area contributed by atoms with Gasteiger partial charge in [0.1, 0.15) is 24.1 Å². The van der Waals surface area contributed by atoms with Crippen molar-refractivity contribution in [2.24, 2.45) is 0 Å². The molecule has 1 aromatic carbocycles. The van der Waals surface area contributed by atoms with Gasteiger partial charge in [-0.1, -0.05) is 0 Å². The Morgan fingerprint density at radius 3 is 2.70 bits per heavy atom. The van der Waals surface area contributed by atoms with Crippen LogP contribution in [-0.4, -0.2) is 44.7 Å². The molecule has 1 atom stereocenters. The van der Waals surface area contributed by atoms with Crippen molar-refractivity contribution in [2.75, 3.05) is 11.9 Å². The van der Waals surface area contributed by atoms with Gasteiger partial charge in [-0.05, 0) is 13.0 Å². The second-order valence-corrected chi connectivity index (χ2v) is 5.30. The topological polar surface area (TPSA) is 137 Å². The zero-order valence-corrected chi connectivity index (χ0v) is 13.8. The number of aromatic nitrogens is 2. The highest BCUT2D eigenvalue weighted by Gasteiger charge is 2.22. The molecule has 1 amide bonds. The predicted octanol–water partition coefficient (Wildman–Crippen LogP) is 2.33. The van der Waals surface area contributed by atoms with Crippen LogP contribution in [0.25, 0.3) is 0 Å². The van der Waals surface area contributed by atoms with Gasteiger partial charge in [0.2, 0.25) is 0 Å². The summed E-state index contributed by atoms with van der Waals surface area (Å²) in [6.07, 6.45) is -1.56. The molecule has 10 nitrogen and oxygen atoms in total. The van der Waals surface area contributed by atoms with E-state index in [2.05, 4.69) is 10.4 Å². The van der Waals surface area contributed by atoms with E-state index in [1.54, 1.807) is 0 Å². The van der Waals surface area contributed by atoms with Crippen LogP contribution in [0, 0.1) is 10.1 Å². The number of alkyl halides is 2. The molecule has 12 heteroatoms. The summed E-state index contributed by atoms with van der Waals surface area (Å²) in [4.78, 5) is 33.7. The largest absolute Gasteiger partial charge is 0.487 e. The van der Waals surface area contributed by atoms with Crippen molar-refractivity contribution in [3.63, 3.8) is 0 Å². The number of anilines is 1. The number of amides is 1. The van der Waals surface area contributed by atoms with Gasteiger partial charge in [0, 0.05) is 18.3 Å². The Kier molecular flexibility index (Phi) is 6.00. The van der Waals surface area contributed by atoms with Gasteiger partial charge in [-0.3, -0.25) is 14.9 Å². The molecule has 0 aliphatic rings. The van der Waals surface area contributed by atoms with E-state index in [-0.39, 0.29) is 17.1 Å². The molecule has 1 heterocycles. The first-order chi connectivity index (χ1) is 12.7. The Morgan fingerprint density at radius 2 is 2.11 bits per heavy atom. The van der Waals surface area contributed by atoms with Crippen LogP contribution in [0.2, 0.25) is 0 Å². The van der Waals surface area contributed by atoms with Crippen molar-refractivity contribution in [1.29, 1.82) is 0 Å². The quantitative estimate of drug-likeness (QED) is 0.526. The van der Waals surface area contributed by atoms with E-state index in [0.29, 0.717) is 0 Å². The molecule has 1 aromatic heterocycles. The number of hydrogen-bond acceptors (Lipinski definition) is 6. The van der Waals surface area contributed by atoms with Crippen LogP contribution in [0.4, 0.5) is 20.2 Å². The number of aliphatic carboxylic acids is 1. The number of hydrogen-bond donors (Lipinski definition) is 2. The maximum atomic E-state index is 12.4. The third-order valence-corrected chi connectivity index (χ3v) is 3.36. The number of nitro benzene ring substituents is 1. The third kappa shape index (κ3) is 4.96. The smallest absolute Gasteiger partial charge is 0.328 e. The molecule has 2 rings (SSSR count). The first-order valence-electron chi connectivity index (χ1n) is 7.47. The standard InChI is InChI=1S/C15H14F2N4O6/c1-8(15(23)24)20-12(2-3-18-20)14(22)19-9-4-10(21(25)26)6-11(5-9)27-7-13(16)17/h2-6,8,13H,7H2,1H3,(H,19,22)(H,23,24). The number of carboxylic acids is 1. The lowest BCUT2D eigenvalue weighted by Crippen LogP contribution is -2.24. The van der Waals surface area contributed by atoms with E-state index >= 15 is 0 Å². The van der Waals surface area contributed by atoms with Crippen molar-refractivity contribution in [3.05, 3.63) is 46.3 Å². The fourth-order valence-corrected chi connectivity index (χ4v) is 2.11. The minimum atomic E-state index is -2.78. The average molecular weight is 384 g/mol. The van der Waals surface area contributed by atoms with E-state index in [4.69, 9.17) is 9.84 Å². The molecule has 1 unspecified atom stereocenters. The number of carbonyl (C=O) groups excluding carboxylic acids is 1. The second kappa shape index (κ2) is 8.21. The van der Waals surface area contributed by atoms with Crippen molar-refractivity contribution in [2.45, 2.75) is 19.4 Å². The number of ether oxygens (including phenoxy) is 1. The lowest BCUT2D eigenvalue weighted by molar-refractivity contribution is -0.384. The molecule has 0 aliphatic carbocycles. The number of benzene rings is 1. The van der Waals surface area contributed by atoms with Crippen LogP contribution in [0.3, 0.4) is 0 Å². The summed E-state index contributed by atoms with van der Waals surface area (Å²) in [6.45, 7) is 0.340. The molecule has 0 radical (unpaired) electrons. The number of rotatable bonds is 8. The predicted molar refractivity (Wildman–Crippen MR) is 87.1 cm³/mol. The summed E-state index contributed by atoms with van der Waals surface area (Å²) < 4.78 is 30.3. The van der Waals surface area contributed by atoms with E-state index in [1.807, 2.05) is 0 Å². The number of halogens is 2. The van der Waals surface area contributed by atoms with Gasteiger partial charge in [-0.2, -0.15) is 5.10 Å². The highest BCUT2D eigenvalue weighted by molar-refractivity contribution is 6.03. The zero-order valence-electron chi connectivity index (χ0n) is 13.8. The van der Waals surface area contributed by atoms with Crippen LogP contribution in [0.5, 0.6) is 5.75 Å². The van der Waals surface area contributed by atoms with Crippen LogP contribution in [0.15, 0.2) is 30.5 Å². The summed E-state index contributed by atoms with van der Waals surface area (Å²) in [5.41, 5.74) is -0.676. The van der Waals surface area contributed by atoms with Crippen LogP contribution < -0.4 is 10.1 Å². The molecule has 0 saturated heterocycles. The van der Waals surface area contributed by atoms with Gasteiger partial charge in [-0.15, -0.1) is 0 Å². The van der Waals surface area contributed by atoms with Gasteiger partial charge in [0.25, 0.3) is 18.0 Å². The third-order valence-electron chi connectivity index (χ3n) is 3.36. The molecule has 0 aliphatic heterocycles. The molecule has 27 heavy (non-hydrogen) atoms. The number of carboxylic acid groups (broad SMARTS) is 1. The van der Waals surface area contributed by atoms with Gasteiger partial charge in [0.15, 0.2) is 0 Å². The molecule has 0 spiro atoms. The number of carbonyl (C=O) groups is 2. The first kappa shape index (κ1) is 19.8. The lowest BCUT2D eigenvalue weighted by atomic mass is 10.2. The van der Waals surface area contributed by atoms with E-state index in [0.717, 1.165) is 22.9 Å². The minimum Gasteiger partial charge on any atom is -0.487 e. The lowest BCUT2D eigenvalue weighted by Gasteiger charge is -2.12. The first-order valence-corrected chi connectivity index (χ1v) is 7.47. The molecule has 2 N–H and O–H groups in total. The molecule has 144 valence electrons. The Bertz CT molecular complexity index is 870. The fraction of sp³-hybridized carbons (Fsp3) is 0.267. The number of nitrogens with one attached hydrogen (secondary N) is 1. The molecule has 0 bridgehead atoms. The van der Waals surface area contributed by atoms with Crippen LogP contribution in [-0.2, 0) is 4.79 Å². The zero-order chi connectivity index (χ0) is 20.1. The minimum absolute atomic E-state index is 0.0887. The van der Waals surface area contributed by atoms with Crippen molar-refractivity contribution in [1.82, 2.24) is 9.78 Å². The van der Waals surface area contributed by atoms with E-state index < -0.39 is 41.6 Å². The van der Waals surface area contributed by atoms with E-state index in [1.165, 1.54) is 19.2 Å². The van der Waals surface area contributed by atoms with Crippen LogP contribution >= 0.6 is 0 Å². The van der Waals surface area contributed by atoms with Crippen molar-refractivity contribution < 1.29 is 33.1 Å². The highest BCUT2D eigenvalue weighted by atomic mass is 19.3. The van der Waals surface area contributed by atoms with Gasteiger partial charge in [-0.25, -0.2) is 18.3 Å². The van der Waals surface area contributed by atoms with Crippen molar-refractivity contribution >= 4 is 23.3 Å². The Labute approximate surface area is 150 Å². The van der Waals surface area contributed by atoms with Gasteiger partial charge in [0.05, 0.1) is 16.7 Å². The SMILES string of the molecule is CC(C(=O)O)n1nccc1C(=O)Nc1cc(OCC(F)F)cc([N+](=O)[O-])c1.